The van der Waals surface area contributed by atoms with Gasteiger partial charge in [0.15, 0.2) is 5.13 Å². The van der Waals surface area contributed by atoms with Crippen molar-refractivity contribution < 1.29 is 4.79 Å². The first kappa shape index (κ1) is 16.0. The Hall–Kier alpha value is -1.89. The van der Waals surface area contributed by atoms with Crippen LogP contribution in [0.2, 0.25) is 5.02 Å². The Morgan fingerprint density at radius 1 is 1.26 bits per heavy atom. The van der Waals surface area contributed by atoms with Gasteiger partial charge < -0.3 is 5.32 Å². The van der Waals surface area contributed by atoms with E-state index < -0.39 is 0 Å². The first-order valence-corrected chi connectivity index (χ1v) is 8.99. The van der Waals surface area contributed by atoms with E-state index in [1.54, 1.807) is 12.4 Å². The van der Waals surface area contributed by atoms with Gasteiger partial charge in [-0.25, -0.2) is 4.98 Å². The largest absolute Gasteiger partial charge is 0.301 e. The highest BCUT2D eigenvalue weighted by atomic mass is 35.5. The van der Waals surface area contributed by atoms with Crippen LogP contribution in [-0.4, -0.2) is 21.6 Å². The minimum absolute atomic E-state index is 0.0861. The molecule has 7 heteroatoms. The Labute approximate surface area is 146 Å². The van der Waals surface area contributed by atoms with Crippen molar-refractivity contribution in [1.82, 2.24) is 9.97 Å². The summed E-state index contributed by atoms with van der Waals surface area (Å²) in [5.74, 6) is 0.237. The van der Waals surface area contributed by atoms with Crippen LogP contribution in [0, 0.1) is 0 Å². The predicted octanol–water partition coefficient (Wildman–Crippen LogP) is 4.59. The number of rotatable bonds is 5. The summed E-state index contributed by atoms with van der Waals surface area (Å²) in [6, 6.07) is 11.2. The summed E-state index contributed by atoms with van der Waals surface area (Å²) < 4.78 is 0. The molecule has 0 aliphatic rings. The maximum Gasteiger partial charge on any atom is 0.236 e. The molecule has 1 amide bonds. The van der Waals surface area contributed by atoms with Crippen LogP contribution in [0.4, 0.5) is 5.13 Å². The van der Waals surface area contributed by atoms with Crippen LogP contribution in [0.1, 0.15) is 0 Å². The monoisotopic (exact) mass is 361 g/mol. The van der Waals surface area contributed by atoms with Crippen LogP contribution in [0.15, 0.2) is 59.1 Å². The molecule has 3 aromatic rings. The molecule has 0 saturated carbocycles. The fourth-order valence-corrected chi connectivity index (χ4v) is 3.37. The summed E-state index contributed by atoms with van der Waals surface area (Å²) in [7, 11) is 0. The van der Waals surface area contributed by atoms with Crippen molar-refractivity contribution in [2.75, 3.05) is 11.1 Å². The second-order valence-electron chi connectivity index (χ2n) is 4.57. The number of nitrogens with one attached hydrogen (secondary N) is 1. The molecule has 0 radical (unpaired) electrons. The third-order valence-corrected chi connectivity index (χ3v) is 4.91. The average Bonchev–Trinajstić information content (AvgIpc) is 3.04. The van der Waals surface area contributed by atoms with Crippen LogP contribution in [0.5, 0.6) is 0 Å². The van der Waals surface area contributed by atoms with E-state index in [4.69, 9.17) is 11.6 Å². The topological polar surface area (TPSA) is 54.9 Å². The maximum atomic E-state index is 12.0. The van der Waals surface area contributed by atoms with Crippen molar-refractivity contribution in [2.45, 2.75) is 4.90 Å². The SMILES string of the molecule is O=C(CSc1ccc(Cl)cc1)Nc1nc(-c2cccnc2)cs1. The van der Waals surface area contributed by atoms with Gasteiger partial charge in [-0.3, -0.25) is 9.78 Å². The molecule has 0 spiro atoms. The Kier molecular flexibility index (Phi) is 5.27. The Balaban J connectivity index is 1.56. The van der Waals surface area contributed by atoms with Gasteiger partial charge in [0.25, 0.3) is 0 Å². The Morgan fingerprint density at radius 3 is 2.83 bits per heavy atom. The van der Waals surface area contributed by atoms with Crippen LogP contribution >= 0.6 is 34.7 Å². The summed E-state index contributed by atoms with van der Waals surface area (Å²) in [6.45, 7) is 0. The van der Waals surface area contributed by atoms with E-state index in [2.05, 4.69) is 15.3 Å². The zero-order chi connectivity index (χ0) is 16.1. The fraction of sp³-hybridized carbons (Fsp3) is 0.0625. The van der Waals surface area contributed by atoms with E-state index in [1.165, 1.54) is 23.1 Å². The Bertz CT molecular complexity index is 791. The smallest absolute Gasteiger partial charge is 0.236 e. The molecule has 0 atom stereocenters. The lowest BCUT2D eigenvalue weighted by atomic mass is 10.2. The molecule has 0 bridgehead atoms. The average molecular weight is 362 g/mol. The van der Waals surface area contributed by atoms with E-state index >= 15 is 0 Å². The minimum Gasteiger partial charge on any atom is -0.301 e. The normalized spacial score (nSPS) is 10.5. The summed E-state index contributed by atoms with van der Waals surface area (Å²) in [4.78, 5) is 21.5. The number of thiazole rings is 1. The van der Waals surface area contributed by atoms with Gasteiger partial charge in [-0.1, -0.05) is 11.6 Å². The molecule has 3 rings (SSSR count). The van der Waals surface area contributed by atoms with Crippen molar-refractivity contribution in [2.24, 2.45) is 0 Å². The van der Waals surface area contributed by atoms with Gasteiger partial charge in [0.1, 0.15) is 0 Å². The summed E-state index contributed by atoms with van der Waals surface area (Å²) in [5.41, 5.74) is 1.74. The third kappa shape index (κ3) is 4.54. The zero-order valence-corrected chi connectivity index (χ0v) is 14.3. The number of hydrogen-bond acceptors (Lipinski definition) is 5. The molecule has 1 N–H and O–H groups in total. The highest BCUT2D eigenvalue weighted by Gasteiger charge is 2.08. The number of benzene rings is 1. The molecule has 2 aromatic heterocycles. The highest BCUT2D eigenvalue weighted by molar-refractivity contribution is 8.00. The van der Waals surface area contributed by atoms with Crippen molar-refractivity contribution in [1.29, 1.82) is 0 Å². The third-order valence-electron chi connectivity index (χ3n) is 2.89. The van der Waals surface area contributed by atoms with Gasteiger partial charge in [-0.2, -0.15) is 0 Å². The maximum absolute atomic E-state index is 12.0. The molecule has 0 unspecified atom stereocenters. The lowest BCUT2D eigenvalue weighted by molar-refractivity contribution is -0.113. The predicted molar refractivity (Wildman–Crippen MR) is 96.2 cm³/mol. The van der Waals surface area contributed by atoms with Gasteiger partial charge in [0.2, 0.25) is 5.91 Å². The number of pyridine rings is 1. The molecule has 0 saturated heterocycles. The van der Waals surface area contributed by atoms with E-state index in [0.717, 1.165) is 16.2 Å². The molecular formula is C16H12ClN3OS2. The molecule has 23 heavy (non-hydrogen) atoms. The number of nitrogens with zero attached hydrogens (tertiary/aromatic N) is 2. The first-order valence-electron chi connectivity index (χ1n) is 6.75. The first-order chi connectivity index (χ1) is 11.2. The van der Waals surface area contributed by atoms with Gasteiger partial charge in [0.05, 0.1) is 11.4 Å². The van der Waals surface area contributed by atoms with Crippen molar-refractivity contribution >= 4 is 45.7 Å². The number of hydrogen-bond donors (Lipinski definition) is 1. The van der Waals surface area contributed by atoms with E-state index in [9.17, 15) is 4.79 Å². The number of amides is 1. The number of anilines is 1. The molecule has 4 nitrogen and oxygen atoms in total. The molecular weight excluding hydrogens is 350 g/mol. The summed E-state index contributed by atoms with van der Waals surface area (Å²) in [5, 5.41) is 5.99. The van der Waals surface area contributed by atoms with Crippen LogP contribution in [-0.2, 0) is 4.79 Å². The van der Waals surface area contributed by atoms with Crippen molar-refractivity contribution in [3.8, 4) is 11.3 Å². The molecule has 116 valence electrons. The number of carbonyl (C=O) groups excluding carboxylic acids is 1. The number of halogens is 1. The lowest BCUT2D eigenvalue weighted by Gasteiger charge is -2.02. The molecule has 0 fully saturated rings. The lowest BCUT2D eigenvalue weighted by Crippen LogP contribution is -2.13. The highest BCUT2D eigenvalue weighted by Crippen LogP contribution is 2.25. The van der Waals surface area contributed by atoms with Crippen LogP contribution in [0.25, 0.3) is 11.3 Å². The van der Waals surface area contributed by atoms with Gasteiger partial charge >= 0.3 is 0 Å². The molecule has 2 heterocycles. The van der Waals surface area contributed by atoms with Gasteiger partial charge in [0, 0.05) is 33.3 Å². The fourth-order valence-electron chi connectivity index (χ4n) is 1.81. The summed E-state index contributed by atoms with van der Waals surface area (Å²) >= 11 is 8.69. The zero-order valence-electron chi connectivity index (χ0n) is 11.9. The van der Waals surface area contributed by atoms with E-state index in [-0.39, 0.29) is 5.91 Å². The standard InChI is InChI=1S/C16H12ClN3OS2/c17-12-3-5-13(6-4-12)22-10-15(21)20-16-19-14(9-23-16)11-2-1-7-18-8-11/h1-9H,10H2,(H,19,20,21). The van der Waals surface area contributed by atoms with E-state index in [1.807, 2.05) is 41.8 Å². The molecule has 1 aromatic carbocycles. The van der Waals surface area contributed by atoms with Crippen LogP contribution in [0.3, 0.4) is 0 Å². The van der Waals surface area contributed by atoms with Crippen LogP contribution < -0.4 is 5.32 Å². The van der Waals surface area contributed by atoms with Crippen molar-refractivity contribution in [3.63, 3.8) is 0 Å². The summed E-state index contributed by atoms with van der Waals surface area (Å²) in [6.07, 6.45) is 3.46. The quantitative estimate of drug-likeness (QED) is 0.675. The number of aromatic nitrogens is 2. The second kappa shape index (κ2) is 7.59. The van der Waals surface area contributed by atoms with Gasteiger partial charge in [-0.05, 0) is 36.4 Å². The second-order valence-corrected chi connectivity index (χ2v) is 6.91. The van der Waals surface area contributed by atoms with E-state index in [0.29, 0.717) is 15.9 Å². The molecule has 0 aliphatic carbocycles. The molecule has 0 aliphatic heterocycles. The number of carbonyl (C=O) groups is 1. The Morgan fingerprint density at radius 2 is 2.09 bits per heavy atom. The van der Waals surface area contributed by atoms with Crippen molar-refractivity contribution in [3.05, 3.63) is 59.2 Å². The van der Waals surface area contributed by atoms with Gasteiger partial charge in [-0.15, -0.1) is 23.1 Å². The minimum atomic E-state index is -0.0861. The number of thioether (sulfide) groups is 1.